The van der Waals surface area contributed by atoms with Gasteiger partial charge in [-0.05, 0) is 77.0 Å². The summed E-state index contributed by atoms with van der Waals surface area (Å²) in [6.45, 7) is 4.92. The lowest BCUT2D eigenvalue weighted by Crippen LogP contribution is -2.45. The molecule has 0 aliphatic rings. The monoisotopic (exact) mass is 902 g/mol. The van der Waals surface area contributed by atoms with Gasteiger partial charge in [-0.25, -0.2) is 0 Å². The molecule has 64 heavy (non-hydrogen) atoms. The Kier molecular flexibility index (Phi) is 52.6. The summed E-state index contributed by atoms with van der Waals surface area (Å²) in [5.74, 6) is -0.0623. The first kappa shape index (κ1) is 62.3. The molecule has 0 radical (unpaired) electrons. The lowest BCUT2D eigenvalue weighted by Gasteiger charge is -2.22. The van der Waals surface area contributed by atoms with Crippen molar-refractivity contribution in [3.63, 3.8) is 0 Å². The highest BCUT2D eigenvalue weighted by Gasteiger charge is 2.20. The molecule has 0 heterocycles. The normalized spacial score (nSPS) is 12.8. The van der Waals surface area contributed by atoms with Crippen LogP contribution >= 0.6 is 0 Å². The van der Waals surface area contributed by atoms with Gasteiger partial charge in [0.2, 0.25) is 5.91 Å². The van der Waals surface area contributed by atoms with Gasteiger partial charge in [0.15, 0.2) is 0 Å². The van der Waals surface area contributed by atoms with Gasteiger partial charge < -0.3 is 20.3 Å². The highest BCUT2D eigenvalue weighted by atomic mass is 16.5. The molecule has 0 saturated heterocycles. The summed E-state index contributed by atoms with van der Waals surface area (Å²) in [7, 11) is 0. The van der Waals surface area contributed by atoms with Crippen molar-refractivity contribution < 1.29 is 24.5 Å². The van der Waals surface area contributed by atoms with Gasteiger partial charge in [-0.15, -0.1) is 0 Å². The van der Waals surface area contributed by atoms with E-state index in [2.05, 4.69) is 43.5 Å². The molecule has 0 aromatic rings. The molecule has 6 nitrogen and oxygen atoms in total. The van der Waals surface area contributed by atoms with Crippen molar-refractivity contribution in [2.24, 2.45) is 0 Å². The van der Waals surface area contributed by atoms with E-state index in [0.29, 0.717) is 25.9 Å². The lowest BCUT2D eigenvalue weighted by atomic mass is 10.0. The largest absolute Gasteiger partial charge is 0.466 e. The molecule has 2 unspecified atom stereocenters. The second-order valence-electron chi connectivity index (χ2n) is 19.6. The van der Waals surface area contributed by atoms with Gasteiger partial charge in [0.25, 0.3) is 0 Å². The van der Waals surface area contributed by atoms with Crippen molar-refractivity contribution in [2.75, 3.05) is 13.2 Å². The number of unbranched alkanes of at least 4 members (excludes halogenated alkanes) is 38. The first-order valence-corrected chi connectivity index (χ1v) is 28.6. The van der Waals surface area contributed by atoms with E-state index in [9.17, 15) is 19.8 Å². The number of nitrogens with one attached hydrogen (secondary N) is 1. The minimum absolute atomic E-state index is 0.0127. The fourth-order valence-corrected chi connectivity index (χ4v) is 8.81. The standard InChI is InChI=1S/C58H111NO5/c1-3-5-7-9-11-13-15-17-19-20-21-24-28-32-36-40-44-48-52-58(63)64-53-49-45-41-37-33-29-25-22-23-27-31-35-39-43-47-51-57(62)59-55(54-60)56(61)50-46-42-38-34-30-26-18-16-14-12-10-8-6-4-2/h19-20,25,29,55-56,60-61H,3-18,21-24,26-28,30-54H2,1-2H3,(H,59,62)/b20-19-,29-25-. The molecule has 0 saturated carbocycles. The van der Waals surface area contributed by atoms with Gasteiger partial charge in [0, 0.05) is 12.8 Å². The summed E-state index contributed by atoms with van der Waals surface area (Å²) in [6, 6.07) is -0.552. The predicted molar refractivity (Wildman–Crippen MR) is 278 cm³/mol. The van der Waals surface area contributed by atoms with E-state index in [-0.39, 0.29) is 18.5 Å². The molecule has 0 aliphatic carbocycles. The summed E-state index contributed by atoms with van der Waals surface area (Å²) < 4.78 is 5.47. The number of hydrogen-bond donors (Lipinski definition) is 3. The van der Waals surface area contributed by atoms with E-state index >= 15 is 0 Å². The summed E-state index contributed by atoms with van der Waals surface area (Å²) in [4.78, 5) is 24.5. The van der Waals surface area contributed by atoms with Gasteiger partial charge in [-0.3, -0.25) is 9.59 Å². The Labute approximate surface area is 399 Å². The maximum atomic E-state index is 12.5. The van der Waals surface area contributed by atoms with Crippen LogP contribution < -0.4 is 5.32 Å². The van der Waals surface area contributed by atoms with E-state index in [1.807, 2.05) is 0 Å². The zero-order valence-electron chi connectivity index (χ0n) is 43.0. The number of aliphatic hydroxyl groups excluding tert-OH is 2. The number of aliphatic hydroxyl groups is 2. The molecule has 2 atom stereocenters. The first-order chi connectivity index (χ1) is 31.5. The maximum absolute atomic E-state index is 12.5. The van der Waals surface area contributed by atoms with E-state index in [1.165, 1.54) is 205 Å². The second kappa shape index (κ2) is 54.0. The molecule has 0 fully saturated rings. The van der Waals surface area contributed by atoms with E-state index < -0.39 is 12.1 Å². The number of ether oxygens (including phenoxy) is 1. The van der Waals surface area contributed by atoms with E-state index in [0.717, 1.165) is 70.6 Å². The van der Waals surface area contributed by atoms with Crippen molar-refractivity contribution in [1.29, 1.82) is 0 Å². The van der Waals surface area contributed by atoms with Crippen LogP contribution in [0.2, 0.25) is 0 Å². The van der Waals surface area contributed by atoms with Gasteiger partial charge in [-0.1, -0.05) is 244 Å². The van der Waals surface area contributed by atoms with Crippen molar-refractivity contribution in [1.82, 2.24) is 5.32 Å². The van der Waals surface area contributed by atoms with Gasteiger partial charge >= 0.3 is 5.97 Å². The van der Waals surface area contributed by atoms with E-state index in [1.54, 1.807) is 0 Å². The molecule has 0 rings (SSSR count). The average Bonchev–Trinajstić information content (AvgIpc) is 3.29. The fraction of sp³-hybridized carbons (Fsp3) is 0.897. The van der Waals surface area contributed by atoms with Crippen LogP contribution in [0.1, 0.15) is 309 Å². The van der Waals surface area contributed by atoms with Crippen LogP contribution in [0.4, 0.5) is 0 Å². The third kappa shape index (κ3) is 49.8. The number of carbonyl (C=O) groups excluding carboxylic acids is 2. The second-order valence-corrected chi connectivity index (χ2v) is 19.6. The Hall–Kier alpha value is -1.66. The minimum Gasteiger partial charge on any atom is -0.466 e. The van der Waals surface area contributed by atoms with Crippen LogP contribution in [-0.2, 0) is 14.3 Å². The van der Waals surface area contributed by atoms with Gasteiger partial charge in [0.05, 0.1) is 25.4 Å². The zero-order chi connectivity index (χ0) is 46.5. The number of amides is 1. The van der Waals surface area contributed by atoms with Crippen LogP contribution in [0.5, 0.6) is 0 Å². The van der Waals surface area contributed by atoms with Crippen molar-refractivity contribution in [3.05, 3.63) is 24.3 Å². The molecule has 378 valence electrons. The molecule has 3 N–H and O–H groups in total. The van der Waals surface area contributed by atoms with Gasteiger partial charge in [-0.2, -0.15) is 0 Å². The number of hydrogen-bond acceptors (Lipinski definition) is 5. The smallest absolute Gasteiger partial charge is 0.305 e. The van der Waals surface area contributed by atoms with Crippen LogP contribution in [0.3, 0.4) is 0 Å². The van der Waals surface area contributed by atoms with Crippen LogP contribution in [-0.4, -0.2) is 47.4 Å². The third-order valence-corrected chi connectivity index (χ3v) is 13.2. The topological polar surface area (TPSA) is 95.9 Å². The Balaban J connectivity index is 3.46. The van der Waals surface area contributed by atoms with Crippen molar-refractivity contribution in [2.45, 2.75) is 321 Å². The Bertz CT molecular complexity index is 997. The molecular formula is C58H111NO5. The van der Waals surface area contributed by atoms with Crippen molar-refractivity contribution >= 4 is 11.9 Å². The highest BCUT2D eigenvalue weighted by Crippen LogP contribution is 2.17. The Morgan fingerprint density at radius 1 is 0.422 bits per heavy atom. The summed E-state index contributed by atoms with van der Waals surface area (Å²) in [6.07, 6.45) is 64.5. The van der Waals surface area contributed by atoms with Crippen LogP contribution in [0.15, 0.2) is 24.3 Å². The summed E-state index contributed by atoms with van der Waals surface area (Å²) >= 11 is 0. The van der Waals surface area contributed by atoms with Crippen LogP contribution in [0.25, 0.3) is 0 Å². The van der Waals surface area contributed by atoms with Crippen molar-refractivity contribution in [3.8, 4) is 0 Å². The fourth-order valence-electron chi connectivity index (χ4n) is 8.81. The quantitative estimate of drug-likeness (QED) is 0.0321. The van der Waals surface area contributed by atoms with Gasteiger partial charge in [0.1, 0.15) is 0 Å². The van der Waals surface area contributed by atoms with E-state index in [4.69, 9.17) is 4.74 Å². The average molecular weight is 903 g/mol. The molecule has 6 heteroatoms. The molecule has 0 bridgehead atoms. The SMILES string of the molecule is CCCCCCCCC/C=C\CCCCCCCCCC(=O)OCCCCCC/C=C\CCCCCCCCCC(=O)NC(CO)C(O)CCCCCCCCCCCCCCCC. The maximum Gasteiger partial charge on any atom is 0.305 e. The molecule has 0 aliphatic heterocycles. The zero-order valence-corrected chi connectivity index (χ0v) is 43.0. The predicted octanol–water partition coefficient (Wildman–Crippen LogP) is 17.5. The highest BCUT2D eigenvalue weighted by molar-refractivity contribution is 5.76. The minimum atomic E-state index is -0.674. The Morgan fingerprint density at radius 2 is 0.734 bits per heavy atom. The van der Waals surface area contributed by atoms with Crippen LogP contribution in [0, 0.1) is 0 Å². The summed E-state index contributed by atoms with van der Waals surface area (Å²) in [5, 5.41) is 23.2. The molecule has 0 aromatic carbocycles. The Morgan fingerprint density at radius 3 is 1.11 bits per heavy atom. The third-order valence-electron chi connectivity index (χ3n) is 13.2. The first-order valence-electron chi connectivity index (χ1n) is 28.6. The molecule has 0 aromatic heterocycles. The lowest BCUT2D eigenvalue weighted by molar-refractivity contribution is -0.143. The number of carbonyl (C=O) groups is 2. The molecular weight excluding hydrogens is 791 g/mol. The number of rotatable bonds is 53. The number of allylic oxidation sites excluding steroid dienone is 4. The summed E-state index contributed by atoms with van der Waals surface area (Å²) in [5.41, 5.74) is 0. The number of esters is 1. The molecule has 0 spiro atoms. The molecule has 1 amide bonds.